The number of unbranched alkanes of at least 4 members (excludes halogenated alkanes) is 1. The first-order chi connectivity index (χ1) is 15.3. The number of hydrogen-bond donors (Lipinski definition) is 1. The van der Waals surface area contributed by atoms with Crippen LogP contribution in [0.5, 0.6) is 0 Å². The van der Waals surface area contributed by atoms with E-state index < -0.39 is 15.9 Å². The number of amides is 1. The molecule has 0 aliphatic carbocycles. The topological polar surface area (TPSA) is 66.5 Å². The van der Waals surface area contributed by atoms with E-state index in [4.69, 9.17) is 11.6 Å². The number of hydrogen-bond acceptors (Lipinski definition) is 3. The largest absolute Gasteiger partial charge is 0.351 e. The van der Waals surface area contributed by atoms with Crippen molar-refractivity contribution in [3.63, 3.8) is 0 Å². The molecule has 32 heavy (non-hydrogen) atoms. The summed E-state index contributed by atoms with van der Waals surface area (Å²) in [6.07, 6.45) is 4.10. The van der Waals surface area contributed by atoms with Crippen LogP contribution in [0.4, 0.5) is 5.69 Å². The van der Waals surface area contributed by atoms with E-state index in [2.05, 4.69) is 19.2 Å². The second-order valence-electron chi connectivity index (χ2n) is 8.03. The Balaban J connectivity index is 2.16. The third kappa shape index (κ3) is 4.86. The molecule has 0 saturated carbocycles. The van der Waals surface area contributed by atoms with Gasteiger partial charge in [0.1, 0.15) is 0 Å². The molecule has 0 aromatic heterocycles. The summed E-state index contributed by atoms with van der Waals surface area (Å²) in [6, 6.07) is 14.3. The van der Waals surface area contributed by atoms with E-state index in [0.29, 0.717) is 39.9 Å². The summed E-state index contributed by atoms with van der Waals surface area (Å²) in [7, 11) is -4.05. The molecule has 1 atom stereocenters. The Bertz CT molecular complexity index is 1100. The van der Waals surface area contributed by atoms with Crippen LogP contribution in [-0.2, 0) is 14.8 Å². The first-order valence-electron chi connectivity index (χ1n) is 11.3. The maximum Gasteiger partial charge on any atom is 0.270 e. The van der Waals surface area contributed by atoms with E-state index in [1.807, 2.05) is 30.3 Å². The Hall–Kier alpha value is -2.31. The summed E-state index contributed by atoms with van der Waals surface area (Å²) < 4.78 is 28.6. The zero-order chi connectivity index (χ0) is 23.3. The smallest absolute Gasteiger partial charge is 0.270 e. The van der Waals surface area contributed by atoms with Crippen molar-refractivity contribution in [1.82, 2.24) is 5.32 Å². The molecule has 172 valence electrons. The van der Waals surface area contributed by atoms with Gasteiger partial charge in [-0.25, -0.2) is 8.42 Å². The number of carbonyl (C=O) groups is 1. The highest BCUT2D eigenvalue weighted by molar-refractivity contribution is 7.97. The first kappa shape index (κ1) is 24.3. The summed E-state index contributed by atoms with van der Waals surface area (Å²) in [6.45, 7) is 6.65. The fraction of sp³-hybridized carbons (Fsp3) is 0.400. The molecule has 2 aromatic rings. The molecule has 5 nitrogen and oxygen atoms in total. The Morgan fingerprint density at radius 1 is 1.09 bits per heavy atom. The molecule has 0 radical (unpaired) electrons. The quantitative estimate of drug-likeness (QED) is 0.514. The van der Waals surface area contributed by atoms with Crippen LogP contribution >= 0.6 is 11.6 Å². The van der Waals surface area contributed by atoms with E-state index in [1.165, 1.54) is 4.31 Å². The third-order valence-electron chi connectivity index (χ3n) is 5.92. The normalized spacial score (nSPS) is 15.9. The summed E-state index contributed by atoms with van der Waals surface area (Å²) in [5, 5.41) is 3.41. The Labute approximate surface area is 196 Å². The predicted octanol–water partition coefficient (Wildman–Crippen LogP) is 5.60. The van der Waals surface area contributed by atoms with Crippen molar-refractivity contribution in [1.29, 1.82) is 0 Å². The molecule has 7 heteroatoms. The van der Waals surface area contributed by atoms with E-state index in [0.717, 1.165) is 25.7 Å². The lowest BCUT2D eigenvalue weighted by Gasteiger charge is -2.33. The summed E-state index contributed by atoms with van der Waals surface area (Å²) in [4.78, 5) is 13.2. The molecule has 0 fully saturated rings. The van der Waals surface area contributed by atoms with Gasteiger partial charge in [-0.15, -0.1) is 0 Å². The van der Waals surface area contributed by atoms with Gasteiger partial charge in [0.25, 0.3) is 15.9 Å². The maximum absolute atomic E-state index is 13.7. The summed E-state index contributed by atoms with van der Waals surface area (Å²) in [5.74, 6) is -0.252. The van der Waals surface area contributed by atoms with Gasteiger partial charge in [0.05, 0.1) is 5.69 Å². The molecule has 3 rings (SSSR count). The number of nitrogens with one attached hydrogen (secondary N) is 1. The van der Waals surface area contributed by atoms with Crippen LogP contribution in [0.1, 0.15) is 57.6 Å². The number of halogens is 1. The van der Waals surface area contributed by atoms with Gasteiger partial charge in [-0.3, -0.25) is 9.10 Å². The summed E-state index contributed by atoms with van der Waals surface area (Å²) in [5.41, 5.74) is 2.23. The fourth-order valence-electron chi connectivity index (χ4n) is 4.14. The molecule has 1 amide bonds. The van der Waals surface area contributed by atoms with Crippen molar-refractivity contribution >= 4 is 38.8 Å². The second kappa shape index (κ2) is 10.5. The van der Waals surface area contributed by atoms with Gasteiger partial charge in [-0.1, -0.05) is 75.0 Å². The summed E-state index contributed by atoms with van der Waals surface area (Å²) >= 11 is 6.30. The lowest BCUT2D eigenvalue weighted by molar-refractivity contribution is -0.117. The van der Waals surface area contributed by atoms with Crippen LogP contribution in [0.2, 0.25) is 5.02 Å². The van der Waals surface area contributed by atoms with E-state index in [-0.39, 0.29) is 11.4 Å². The molecule has 0 spiro atoms. The lowest BCUT2D eigenvalue weighted by Crippen LogP contribution is -2.42. The lowest BCUT2D eigenvalue weighted by atomic mass is 9.95. The van der Waals surface area contributed by atoms with Gasteiger partial charge < -0.3 is 5.32 Å². The van der Waals surface area contributed by atoms with Crippen molar-refractivity contribution in [2.45, 2.75) is 46.5 Å². The molecule has 0 bridgehead atoms. The van der Waals surface area contributed by atoms with Crippen molar-refractivity contribution in [2.75, 3.05) is 17.4 Å². The van der Waals surface area contributed by atoms with Crippen LogP contribution < -0.4 is 9.62 Å². The number of benzene rings is 2. The number of fused-ring (bicyclic) bond motifs is 1. The first-order valence-corrected chi connectivity index (χ1v) is 13.1. The van der Waals surface area contributed by atoms with Crippen LogP contribution in [0.3, 0.4) is 0 Å². The van der Waals surface area contributed by atoms with Crippen LogP contribution in [0.15, 0.2) is 53.4 Å². The van der Waals surface area contributed by atoms with Gasteiger partial charge in [-0.05, 0) is 43.0 Å². The average molecular weight is 475 g/mol. The molecule has 1 N–H and O–H groups in total. The zero-order valence-corrected chi connectivity index (χ0v) is 20.5. The van der Waals surface area contributed by atoms with E-state index in [1.54, 1.807) is 25.1 Å². The highest BCUT2D eigenvalue weighted by Gasteiger charge is 2.40. The van der Waals surface area contributed by atoms with Gasteiger partial charge in [0, 0.05) is 29.2 Å². The molecule has 1 aliphatic rings. The molecule has 2 aromatic carbocycles. The SMILES string of the molecule is CCCC[C@@H](CC)CNC(=O)C1=C(c2ccccc2)c2cc(Cl)ccc2N(CC)S1(=O)=O. The number of rotatable bonds is 9. The molecule has 0 unspecified atom stereocenters. The number of carbonyl (C=O) groups excluding carboxylic acids is 1. The van der Waals surface area contributed by atoms with Crippen molar-refractivity contribution in [3.8, 4) is 0 Å². The minimum atomic E-state index is -4.05. The van der Waals surface area contributed by atoms with Crippen molar-refractivity contribution in [2.24, 2.45) is 5.92 Å². The maximum atomic E-state index is 13.7. The Morgan fingerprint density at radius 3 is 2.44 bits per heavy atom. The number of nitrogens with zero attached hydrogens (tertiary/aromatic N) is 1. The Kier molecular flexibility index (Phi) is 8.01. The second-order valence-corrected chi connectivity index (χ2v) is 10.3. The van der Waals surface area contributed by atoms with E-state index >= 15 is 0 Å². The van der Waals surface area contributed by atoms with Gasteiger partial charge in [0.15, 0.2) is 4.91 Å². The fourth-order valence-corrected chi connectivity index (χ4v) is 6.08. The number of anilines is 1. The minimum absolute atomic E-state index is 0.212. The third-order valence-corrected chi connectivity index (χ3v) is 8.10. The highest BCUT2D eigenvalue weighted by atomic mass is 35.5. The van der Waals surface area contributed by atoms with Gasteiger partial charge >= 0.3 is 0 Å². The van der Waals surface area contributed by atoms with Crippen LogP contribution in [-0.4, -0.2) is 27.4 Å². The minimum Gasteiger partial charge on any atom is -0.351 e. The monoisotopic (exact) mass is 474 g/mol. The molecule has 0 saturated heterocycles. The van der Waals surface area contributed by atoms with E-state index in [9.17, 15) is 13.2 Å². The predicted molar refractivity (Wildman–Crippen MR) is 132 cm³/mol. The molecular formula is C25H31ClN2O3S. The van der Waals surface area contributed by atoms with Crippen molar-refractivity contribution in [3.05, 3.63) is 69.6 Å². The van der Waals surface area contributed by atoms with Crippen LogP contribution in [0.25, 0.3) is 5.57 Å². The average Bonchev–Trinajstić information content (AvgIpc) is 2.78. The molecule has 1 aliphatic heterocycles. The van der Waals surface area contributed by atoms with Crippen LogP contribution in [0, 0.1) is 5.92 Å². The zero-order valence-electron chi connectivity index (χ0n) is 18.9. The molecule has 1 heterocycles. The number of sulfonamides is 1. The van der Waals surface area contributed by atoms with Gasteiger partial charge in [-0.2, -0.15) is 0 Å². The van der Waals surface area contributed by atoms with Gasteiger partial charge in [0.2, 0.25) is 0 Å². The highest BCUT2D eigenvalue weighted by Crippen LogP contribution is 2.43. The standard InChI is InChI=1S/C25H31ClN2O3S/c1-4-7-11-18(5-2)17-27-25(29)24-23(19-12-9-8-10-13-19)21-16-20(26)14-15-22(21)28(6-3)32(24,30)31/h8-10,12-16,18H,4-7,11,17H2,1-3H3,(H,27,29)/t18-/m1/s1. The van der Waals surface area contributed by atoms with Crippen molar-refractivity contribution < 1.29 is 13.2 Å². The Morgan fingerprint density at radius 2 is 1.81 bits per heavy atom. The molecular weight excluding hydrogens is 444 g/mol.